The topological polar surface area (TPSA) is 20.3 Å². The van der Waals surface area contributed by atoms with Gasteiger partial charge in [0, 0.05) is 24.4 Å². The fourth-order valence-corrected chi connectivity index (χ4v) is 2.75. The molecule has 17 heavy (non-hydrogen) atoms. The van der Waals surface area contributed by atoms with E-state index in [1.54, 1.807) is 23.9 Å². The van der Waals surface area contributed by atoms with Crippen molar-refractivity contribution in [2.24, 2.45) is 0 Å². The van der Waals surface area contributed by atoms with Crippen molar-refractivity contribution in [3.63, 3.8) is 0 Å². The van der Waals surface area contributed by atoms with Crippen molar-refractivity contribution in [3.05, 3.63) is 30.1 Å². The molecular formula is C13H16FNOS. The molecule has 1 aliphatic rings. The average Bonchev–Trinajstić information content (AvgIpc) is 2.73. The van der Waals surface area contributed by atoms with Gasteiger partial charge in [-0.2, -0.15) is 0 Å². The Bertz CT molecular complexity index is 380. The standard InChI is InChI=1S/C13H16FNOS/c14-11-4-6-12(7-5-11)17-10-2-9-15-8-1-3-13(15)16/h4-7H,1-3,8-10H2. The first-order valence-electron chi connectivity index (χ1n) is 5.92. The number of benzene rings is 1. The van der Waals surface area contributed by atoms with Crippen LogP contribution >= 0.6 is 11.8 Å². The Morgan fingerprint density at radius 1 is 1.29 bits per heavy atom. The highest BCUT2D eigenvalue weighted by molar-refractivity contribution is 7.99. The highest BCUT2D eigenvalue weighted by Crippen LogP contribution is 2.19. The van der Waals surface area contributed by atoms with Gasteiger partial charge in [-0.1, -0.05) is 0 Å². The normalized spacial score (nSPS) is 15.6. The van der Waals surface area contributed by atoms with Crippen molar-refractivity contribution >= 4 is 17.7 Å². The number of carbonyl (C=O) groups excluding carboxylic acids is 1. The smallest absolute Gasteiger partial charge is 0.222 e. The van der Waals surface area contributed by atoms with E-state index < -0.39 is 0 Å². The van der Waals surface area contributed by atoms with Crippen LogP contribution in [0.1, 0.15) is 19.3 Å². The van der Waals surface area contributed by atoms with Crippen LogP contribution in [-0.4, -0.2) is 29.6 Å². The molecule has 1 aliphatic heterocycles. The summed E-state index contributed by atoms with van der Waals surface area (Å²) in [6.07, 6.45) is 2.71. The second-order valence-electron chi connectivity index (χ2n) is 4.14. The minimum atomic E-state index is -0.197. The Labute approximate surface area is 105 Å². The van der Waals surface area contributed by atoms with Crippen LogP contribution in [0.4, 0.5) is 4.39 Å². The Morgan fingerprint density at radius 3 is 2.71 bits per heavy atom. The molecule has 4 heteroatoms. The van der Waals surface area contributed by atoms with E-state index in [2.05, 4.69) is 0 Å². The molecule has 1 fully saturated rings. The number of hydrogen-bond acceptors (Lipinski definition) is 2. The highest BCUT2D eigenvalue weighted by atomic mass is 32.2. The maximum absolute atomic E-state index is 12.7. The summed E-state index contributed by atoms with van der Waals surface area (Å²) >= 11 is 1.71. The maximum Gasteiger partial charge on any atom is 0.222 e. The second-order valence-corrected chi connectivity index (χ2v) is 5.31. The summed E-state index contributed by atoms with van der Waals surface area (Å²) in [5, 5.41) is 0. The van der Waals surface area contributed by atoms with E-state index in [-0.39, 0.29) is 11.7 Å². The zero-order valence-electron chi connectivity index (χ0n) is 9.69. The zero-order valence-corrected chi connectivity index (χ0v) is 10.5. The number of hydrogen-bond donors (Lipinski definition) is 0. The van der Waals surface area contributed by atoms with E-state index in [0.29, 0.717) is 6.42 Å². The summed E-state index contributed by atoms with van der Waals surface area (Å²) in [4.78, 5) is 14.4. The van der Waals surface area contributed by atoms with Crippen LogP contribution in [0.2, 0.25) is 0 Å². The molecule has 0 unspecified atom stereocenters. The van der Waals surface area contributed by atoms with Crippen molar-refractivity contribution in [2.45, 2.75) is 24.2 Å². The van der Waals surface area contributed by atoms with Crippen molar-refractivity contribution in [3.8, 4) is 0 Å². The summed E-state index contributed by atoms with van der Waals surface area (Å²) in [5.74, 6) is 1.06. The molecule has 0 bridgehead atoms. The second kappa shape index (κ2) is 6.05. The number of carbonyl (C=O) groups is 1. The fourth-order valence-electron chi connectivity index (χ4n) is 1.92. The molecule has 0 spiro atoms. The molecule has 1 saturated heterocycles. The molecule has 1 aromatic carbocycles. The minimum absolute atomic E-state index is 0.197. The average molecular weight is 253 g/mol. The van der Waals surface area contributed by atoms with Gasteiger partial charge in [-0.15, -0.1) is 11.8 Å². The van der Waals surface area contributed by atoms with Crippen molar-refractivity contribution in [1.82, 2.24) is 4.90 Å². The quantitative estimate of drug-likeness (QED) is 0.594. The van der Waals surface area contributed by atoms with E-state index in [9.17, 15) is 9.18 Å². The van der Waals surface area contributed by atoms with Gasteiger partial charge < -0.3 is 4.90 Å². The number of halogens is 1. The van der Waals surface area contributed by atoms with E-state index in [1.165, 1.54) is 12.1 Å². The summed E-state index contributed by atoms with van der Waals surface area (Å²) in [6.45, 7) is 1.77. The lowest BCUT2D eigenvalue weighted by atomic mass is 10.4. The largest absolute Gasteiger partial charge is 0.343 e. The van der Waals surface area contributed by atoms with Gasteiger partial charge in [0.25, 0.3) is 0 Å². The Kier molecular flexibility index (Phi) is 4.42. The fraction of sp³-hybridized carbons (Fsp3) is 0.462. The van der Waals surface area contributed by atoms with E-state index in [4.69, 9.17) is 0 Å². The summed E-state index contributed by atoms with van der Waals surface area (Å²) < 4.78 is 12.7. The first kappa shape index (κ1) is 12.4. The Balaban J connectivity index is 1.66. The van der Waals surface area contributed by atoms with Gasteiger partial charge in [0.15, 0.2) is 0 Å². The van der Waals surface area contributed by atoms with Crippen molar-refractivity contribution in [1.29, 1.82) is 0 Å². The monoisotopic (exact) mass is 253 g/mol. The van der Waals surface area contributed by atoms with Crippen LogP contribution in [0.3, 0.4) is 0 Å². The van der Waals surface area contributed by atoms with Crippen molar-refractivity contribution < 1.29 is 9.18 Å². The molecule has 0 N–H and O–H groups in total. The summed E-state index contributed by atoms with van der Waals surface area (Å²) in [7, 11) is 0. The minimum Gasteiger partial charge on any atom is -0.343 e. The maximum atomic E-state index is 12.7. The summed E-state index contributed by atoms with van der Waals surface area (Å²) in [5.41, 5.74) is 0. The molecule has 0 radical (unpaired) electrons. The van der Waals surface area contributed by atoms with Crippen LogP contribution < -0.4 is 0 Å². The lowest BCUT2D eigenvalue weighted by molar-refractivity contribution is -0.127. The van der Waals surface area contributed by atoms with Crippen LogP contribution in [0.5, 0.6) is 0 Å². The molecule has 2 nitrogen and oxygen atoms in total. The Hall–Kier alpha value is -1.03. The van der Waals surface area contributed by atoms with Gasteiger partial charge in [-0.3, -0.25) is 4.79 Å². The van der Waals surface area contributed by atoms with Gasteiger partial charge in [0.05, 0.1) is 0 Å². The molecule has 0 atom stereocenters. The predicted molar refractivity (Wildman–Crippen MR) is 67.6 cm³/mol. The van der Waals surface area contributed by atoms with Crippen molar-refractivity contribution in [2.75, 3.05) is 18.8 Å². The van der Waals surface area contributed by atoms with Crippen LogP contribution in [0, 0.1) is 5.82 Å². The van der Waals surface area contributed by atoms with Crippen LogP contribution in [0.15, 0.2) is 29.2 Å². The third-order valence-corrected chi connectivity index (χ3v) is 3.92. The van der Waals surface area contributed by atoms with Gasteiger partial charge >= 0.3 is 0 Å². The summed E-state index contributed by atoms with van der Waals surface area (Å²) in [6, 6.07) is 6.54. The third kappa shape index (κ3) is 3.73. The Morgan fingerprint density at radius 2 is 2.06 bits per heavy atom. The van der Waals surface area contributed by atoms with Gasteiger partial charge in [0.1, 0.15) is 5.82 Å². The van der Waals surface area contributed by atoms with Gasteiger partial charge in [-0.25, -0.2) is 4.39 Å². The number of rotatable bonds is 5. The molecule has 1 heterocycles. The molecule has 0 saturated carbocycles. The number of thioether (sulfide) groups is 1. The SMILES string of the molecule is O=C1CCCN1CCCSc1ccc(F)cc1. The molecule has 1 amide bonds. The van der Waals surface area contributed by atoms with Crippen LogP contribution in [0.25, 0.3) is 0 Å². The lowest BCUT2D eigenvalue weighted by Gasteiger charge is -2.14. The third-order valence-electron chi connectivity index (χ3n) is 2.83. The molecule has 0 aliphatic carbocycles. The molecule has 92 valence electrons. The predicted octanol–water partition coefficient (Wildman–Crippen LogP) is 2.93. The number of likely N-dealkylation sites (tertiary alicyclic amines) is 1. The van der Waals surface area contributed by atoms with E-state index >= 15 is 0 Å². The molecule has 2 rings (SSSR count). The van der Waals surface area contributed by atoms with Gasteiger partial charge in [-0.05, 0) is 42.9 Å². The number of amides is 1. The molecule has 0 aromatic heterocycles. The molecule has 1 aromatic rings. The van der Waals surface area contributed by atoms with Crippen LogP contribution in [-0.2, 0) is 4.79 Å². The first-order valence-corrected chi connectivity index (χ1v) is 6.90. The lowest BCUT2D eigenvalue weighted by Crippen LogP contribution is -2.25. The first-order chi connectivity index (χ1) is 8.25. The van der Waals surface area contributed by atoms with E-state index in [0.717, 1.165) is 36.6 Å². The van der Waals surface area contributed by atoms with Gasteiger partial charge in [0.2, 0.25) is 5.91 Å². The van der Waals surface area contributed by atoms with E-state index in [1.807, 2.05) is 4.90 Å². The molecular weight excluding hydrogens is 237 g/mol. The highest BCUT2D eigenvalue weighted by Gasteiger charge is 2.18. The zero-order chi connectivity index (χ0) is 12.1. The number of nitrogens with zero attached hydrogens (tertiary/aromatic N) is 1.